The fourth-order valence-corrected chi connectivity index (χ4v) is 1.89. The highest BCUT2D eigenvalue weighted by atomic mass is 32.2. The van der Waals surface area contributed by atoms with Crippen molar-refractivity contribution in [1.82, 2.24) is 0 Å². The normalized spacial score (nSPS) is 12.0. The number of sulfone groups is 1. The van der Waals surface area contributed by atoms with Gasteiger partial charge in [0, 0.05) is 6.26 Å². The average molecular weight is 211 g/mol. The quantitative estimate of drug-likeness (QED) is 0.768. The Kier molecular flexibility index (Phi) is 3.32. The van der Waals surface area contributed by atoms with E-state index in [2.05, 4.69) is 13.8 Å². The molecule has 0 fully saturated rings. The first-order valence-corrected chi connectivity index (χ1v) is 6.37. The highest BCUT2D eigenvalue weighted by Crippen LogP contribution is 2.13. The van der Waals surface area contributed by atoms with Crippen LogP contribution in [0.2, 0.25) is 0 Å². The van der Waals surface area contributed by atoms with Crippen LogP contribution in [-0.4, -0.2) is 14.7 Å². The predicted octanol–water partition coefficient (Wildman–Crippen LogP) is 2.25. The van der Waals surface area contributed by atoms with E-state index >= 15 is 0 Å². The van der Waals surface area contributed by atoms with Gasteiger partial charge in [-0.25, -0.2) is 8.42 Å². The van der Waals surface area contributed by atoms with E-state index in [9.17, 15) is 8.42 Å². The van der Waals surface area contributed by atoms with Gasteiger partial charge in [0.05, 0.1) is 4.90 Å². The third-order valence-electron chi connectivity index (χ3n) is 1.91. The van der Waals surface area contributed by atoms with E-state index in [1.54, 1.807) is 12.1 Å². The molecule has 1 radical (unpaired) electrons. The van der Waals surface area contributed by atoms with Crippen molar-refractivity contribution in [3.8, 4) is 0 Å². The van der Waals surface area contributed by atoms with Crippen LogP contribution in [0, 0.1) is 5.92 Å². The molecule has 0 amide bonds. The van der Waals surface area contributed by atoms with Gasteiger partial charge in [-0.05, 0) is 30.0 Å². The topological polar surface area (TPSA) is 34.1 Å². The van der Waals surface area contributed by atoms with Crippen LogP contribution in [0.1, 0.15) is 19.4 Å². The fourth-order valence-electron chi connectivity index (χ4n) is 1.26. The van der Waals surface area contributed by atoms with Crippen LogP contribution in [0.4, 0.5) is 0 Å². The molecule has 0 aliphatic carbocycles. The number of hydrogen-bond acceptors (Lipinski definition) is 2. The summed E-state index contributed by atoms with van der Waals surface area (Å²) in [6, 6.07) is 7.05. The Morgan fingerprint density at radius 2 is 1.64 bits per heavy atom. The Morgan fingerprint density at radius 3 is 2.00 bits per heavy atom. The highest BCUT2D eigenvalue weighted by molar-refractivity contribution is 7.90. The van der Waals surface area contributed by atoms with Crippen molar-refractivity contribution in [2.75, 3.05) is 6.26 Å². The first-order chi connectivity index (χ1) is 6.39. The summed E-state index contributed by atoms with van der Waals surface area (Å²) in [4.78, 5) is 0.384. The van der Waals surface area contributed by atoms with E-state index in [0.29, 0.717) is 4.90 Å². The molecule has 0 N–H and O–H groups in total. The maximum Gasteiger partial charge on any atom is 0.175 e. The second kappa shape index (κ2) is 4.13. The Bertz CT molecular complexity index is 388. The van der Waals surface area contributed by atoms with Crippen molar-refractivity contribution in [3.05, 3.63) is 35.7 Å². The van der Waals surface area contributed by atoms with Gasteiger partial charge in [0.15, 0.2) is 9.84 Å². The van der Waals surface area contributed by atoms with Crippen molar-refractivity contribution in [3.63, 3.8) is 0 Å². The molecule has 0 saturated heterocycles. The van der Waals surface area contributed by atoms with Gasteiger partial charge in [0.1, 0.15) is 0 Å². The summed E-state index contributed by atoms with van der Waals surface area (Å²) in [5, 5.41) is 0. The van der Waals surface area contributed by atoms with Gasteiger partial charge in [0.2, 0.25) is 0 Å². The summed E-state index contributed by atoms with van der Waals surface area (Å²) in [6.07, 6.45) is 2.13. The standard InChI is InChI=1S/C11H15O2S/c1-9(2)8-10-4-6-11(7-5-10)14(3,12)13/h4-7H,8H2,1-3H3. The third kappa shape index (κ3) is 3.14. The summed E-state index contributed by atoms with van der Waals surface area (Å²) in [5.74, 6) is 1.32. The lowest BCUT2D eigenvalue weighted by molar-refractivity contribution is 0.602. The molecule has 1 aromatic rings. The number of rotatable bonds is 3. The maximum absolute atomic E-state index is 11.2. The maximum atomic E-state index is 11.2. The summed E-state index contributed by atoms with van der Waals surface area (Å²) in [5.41, 5.74) is 1.15. The summed E-state index contributed by atoms with van der Waals surface area (Å²) >= 11 is 0. The zero-order valence-electron chi connectivity index (χ0n) is 8.74. The zero-order valence-corrected chi connectivity index (χ0v) is 9.56. The van der Waals surface area contributed by atoms with Crippen molar-refractivity contribution in [1.29, 1.82) is 0 Å². The second-order valence-electron chi connectivity index (χ2n) is 3.80. The van der Waals surface area contributed by atoms with E-state index in [0.717, 1.165) is 12.0 Å². The van der Waals surface area contributed by atoms with Gasteiger partial charge in [-0.15, -0.1) is 0 Å². The molecule has 1 rings (SSSR count). The molecule has 0 saturated carbocycles. The average Bonchev–Trinajstić information content (AvgIpc) is 2.02. The van der Waals surface area contributed by atoms with Crippen LogP contribution >= 0.6 is 0 Å². The smallest absolute Gasteiger partial charge is 0.175 e. The molecule has 2 nitrogen and oxygen atoms in total. The summed E-state index contributed by atoms with van der Waals surface area (Å²) < 4.78 is 22.3. The third-order valence-corrected chi connectivity index (χ3v) is 3.04. The van der Waals surface area contributed by atoms with Gasteiger partial charge in [0.25, 0.3) is 0 Å². The zero-order chi connectivity index (χ0) is 10.8. The first-order valence-electron chi connectivity index (χ1n) is 4.47. The lowest BCUT2D eigenvalue weighted by Crippen LogP contribution is -1.98. The van der Waals surface area contributed by atoms with Crippen LogP contribution in [0.3, 0.4) is 0 Å². The molecule has 3 heteroatoms. The van der Waals surface area contributed by atoms with E-state index < -0.39 is 9.84 Å². The van der Waals surface area contributed by atoms with Gasteiger partial charge in [-0.1, -0.05) is 26.0 Å². The highest BCUT2D eigenvalue weighted by Gasteiger charge is 2.06. The fraction of sp³-hybridized carbons (Fsp3) is 0.364. The molecule has 77 valence electrons. The van der Waals surface area contributed by atoms with Crippen LogP contribution in [0.15, 0.2) is 29.2 Å². The molecule has 0 bridgehead atoms. The lowest BCUT2D eigenvalue weighted by Gasteiger charge is -2.04. The minimum absolute atomic E-state index is 0.384. The van der Waals surface area contributed by atoms with Crippen molar-refractivity contribution in [2.45, 2.75) is 25.2 Å². The molecule has 0 heterocycles. The van der Waals surface area contributed by atoms with E-state index in [1.807, 2.05) is 12.1 Å². The monoisotopic (exact) mass is 211 g/mol. The minimum Gasteiger partial charge on any atom is -0.224 e. The van der Waals surface area contributed by atoms with Crippen molar-refractivity contribution in [2.24, 2.45) is 0 Å². The molecular weight excluding hydrogens is 196 g/mol. The second-order valence-corrected chi connectivity index (χ2v) is 5.82. The van der Waals surface area contributed by atoms with Crippen molar-refractivity contribution < 1.29 is 8.42 Å². The van der Waals surface area contributed by atoms with Gasteiger partial charge < -0.3 is 0 Å². The van der Waals surface area contributed by atoms with Crippen LogP contribution < -0.4 is 0 Å². The Labute approximate surface area is 85.9 Å². The van der Waals surface area contributed by atoms with Gasteiger partial charge >= 0.3 is 0 Å². The molecule has 14 heavy (non-hydrogen) atoms. The first kappa shape index (κ1) is 11.2. The Balaban J connectivity index is 2.90. The van der Waals surface area contributed by atoms with Crippen LogP contribution in [0.25, 0.3) is 0 Å². The molecule has 0 unspecified atom stereocenters. The number of benzene rings is 1. The Morgan fingerprint density at radius 1 is 1.14 bits per heavy atom. The SMILES string of the molecule is C[C](C)Cc1ccc(S(C)(=O)=O)cc1. The molecule has 0 atom stereocenters. The van der Waals surface area contributed by atoms with E-state index in [-0.39, 0.29) is 0 Å². The molecule has 0 aliphatic heterocycles. The number of hydrogen-bond donors (Lipinski definition) is 0. The summed E-state index contributed by atoms with van der Waals surface area (Å²) in [7, 11) is -3.05. The van der Waals surface area contributed by atoms with Gasteiger partial charge in [-0.2, -0.15) is 0 Å². The predicted molar refractivity (Wildman–Crippen MR) is 57.8 cm³/mol. The molecular formula is C11H15O2S. The van der Waals surface area contributed by atoms with Crippen LogP contribution in [0.5, 0.6) is 0 Å². The van der Waals surface area contributed by atoms with E-state index in [1.165, 1.54) is 12.2 Å². The molecule has 0 spiro atoms. The minimum atomic E-state index is -3.05. The Hall–Kier alpha value is -0.830. The van der Waals surface area contributed by atoms with E-state index in [4.69, 9.17) is 0 Å². The lowest BCUT2D eigenvalue weighted by atomic mass is 10.0. The molecule has 0 aliphatic rings. The molecule has 0 aromatic heterocycles. The largest absolute Gasteiger partial charge is 0.224 e. The van der Waals surface area contributed by atoms with Crippen molar-refractivity contribution >= 4 is 9.84 Å². The summed E-state index contributed by atoms with van der Waals surface area (Å²) in [6.45, 7) is 4.12. The molecule has 1 aromatic carbocycles. The van der Waals surface area contributed by atoms with Crippen LogP contribution in [-0.2, 0) is 16.3 Å². The van der Waals surface area contributed by atoms with Gasteiger partial charge in [-0.3, -0.25) is 0 Å².